The van der Waals surface area contributed by atoms with Gasteiger partial charge in [-0.05, 0) is 35.0 Å². The molecule has 5 rings (SSSR count). The summed E-state index contributed by atoms with van der Waals surface area (Å²) in [5.41, 5.74) is 2.17. The summed E-state index contributed by atoms with van der Waals surface area (Å²) in [7, 11) is 1.69. The maximum atomic E-state index is 13.3. The molecule has 0 N–H and O–H groups in total. The zero-order chi connectivity index (χ0) is 21.9. The summed E-state index contributed by atoms with van der Waals surface area (Å²) in [6.07, 6.45) is 0.774. The third-order valence-corrected chi connectivity index (χ3v) is 7.89. The molecule has 1 saturated heterocycles. The summed E-state index contributed by atoms with van der Waals surface area (Å²) in [5, 5.41) is 10.6. The monoisotopic (exact) mass is 466 g/mol. The lowest BCUT2D eigenvalue weighted by molar-refractivity contribution is -0.134. The molecule has 1 amide bonds. The zero-order valence-electron chi connectivity index (χ0n) is 18.0. The van der Waals surface area contributed by atoms with Crippen LogP contribution in [0.1, 0.15) is 22.2 Å². The number of carbonyl (C=O) groups is 1. The van der Waals surface area contributed by atoms with Gasteiger partial charge in [0.1, 0.15) is 5.75 Å². The fourth-order valence-electron chi connectivity index (χ4n) is 4.27. The van der Waals surface area contributed by atoms with E-state index in [1.165, 1.54) is 4.88 Å². The van der Waals surface area contributed by atoms with E-state index in [9.17, 15) is 4.79 Å². The summed E-state index contributed by atoms with van der Waals surface area (Å²) in [4.78, 5) is 20.2. The molecule has 2 aromatic heterocycles. The number of benzene rings is 1. The largest absolute Gasteiger partial charge is 0.497 e. The summed E-state index contributed by atoms with van der Waals surface area (Å²) in [6, 6.07) is 16.4. The highest BCUT2D eigenvalue weighted by molar-refractivity contribution is 7.12. The van der Waals surface area contributed by atoms with E-state index < -0.39 is 0 Å². The smallest absolute Gasteiger partial charge is 0.257 e. The molecule has 1 atom stereocenters. The second-order valence-electron chi connectivity index (χ2n) is 7.96. The predicted octanol–water partition coefficient (Wildman–Crippen LogP) is 4.32. The molecule has 1 unspecified atom stereocenters. The Morgan fingerprint density at radius 2 is 1.88 bits per heavy atom. The number of piperazine rings is 1. The van der Waals surface area contributed by atoms with Crippen molar-refractivity contribution in [2.24, 2.45) is 5.10 Å². The van der Waals surface area contributed by atoms with Crippen molar-refractivity contribution in [1.82, 2.24) is 9.91 Å². The minimum atomic E-state index is -0.00215. The van der Waals surface area contributed by atoms with Gasteiger partial charge in [-0.15, -0.1) is 22.7 Å². The van der Waals surface area contributed by atoms with Crippen LogP contribution in [0.15, 0.2) is 64.4 Å². The van der Waals surface area contributed by atoms with Crippen molar-refractivity contribution in [3.63, 3.8) is 0 Å². The standard InChI is InChI=1S/C24H26N4O2S2/c1-30-19-6-2-5-18(15-19)27-11-9-26(10-12-27)17-24(29)28-21(23-8-4-14-32-23)16-20(25-28)22-7-3-13-31-22/h2-8,13-15,21H,9-12,16-17H2,1H3. The van der Waals surface area contributed by atoms with Gasteiger partial charge in [0.15, 0.2) is 0 Å². The van der Waals surface area contributed by atoms with Gasteiger partial charge in [-0.25, -0.2) is 5.01 Å². The Morgan fingerprint density at radius 3 is 2.59 bits per heavy atom. The molecule has 1 fully saturated rings. The fraction of sp³-hybridized carbons (Fsp3) is 0.333. The lowest BCUT2D eigenvalue weighted by Crippen LogP contribution is -2.49. The van der Waals surface area contributed by atoms with Crippen molar-refractivity contribution in [3.8, 4) is 5.75 Å². The van der Waals surface area contributed by atoms with Gasteiger partial charge in [-0.3, -0.25) is 9.69 Å². The van der Waals surface area contributed by atoms with Crippen molar-refractivity contribution >= 4 is 40.0 Å². The Morgan fingerprint density at radius 1 is 1.06 bits per heavy atom. The van der Waals surface area contributed by atoms with Crippen molar-refractivity contribution in [2.45, 2.75) is 12.5 Å². The molecular weight excluding hydrogens is 440 g/mol. The number of hydrazone groups is 1. The number of ether oxygens (including phenoxy) is 1. The summed E-state index contributed by atoms with van der Waals surface area (Å²) in [5.74, 6) is 0.943. The normalized spacial score (nSPS) is 19.3. The predicted molar refractivity (Wildman–Crippen MR) is 131 cm³/mol. The maximum absolute atomic E-state index is 13.3. The van der Waals surface area contributed by atoms with Crippen LogP contribution in [-0.2, 0) is 4.79 Å². The first-order valence-electron chi connectivity index (χ1n) is 10.8. The lowest BCUT2D eigenvalue weighted by atomic mass is 10.1. The molecule has 166 valence electrons. The first kappa shape index (κ1) is 21.2. The minimum Gasteiger partial charge on any atom is -0.497 e. The Bertz CT molecular complexity index is 1070. The lowest BCUT2D eigenvalue weighted by Gasteiger charge is -2.36. The van der Waals surface area contributed by atoms with Crippen LogP contribution in [0, 0.1) is 0 Å². The maximum Gasteiger partial charge on any atom is 0.257 e. The summed E-state index contributed by atoms with van der Waals surface area (Å²) < 4.78 is 5.35. The molecule has 4 heterocycles. The Kier molecular flexibility index (Phi) is 6.25. The van der Waals surface area contributed by atoms with Crippen LogP contribution >= 0.6 is 22.7 Å². The van der Waals surface area contributed by atoms with Crippen LogP contribution in [0.4, 0.5) is 5.69 Å². The van der Waals surface area contributed by atoms with Gasteiger partial charge < -0.3 is 9.64 Å². The fourth-order valence-corrected chi connectivity index (χ4v) is 5.80. The topological polar surface area (TPSA) is 48.4 Å². The summed E-state index contributed by atoms with van der Waals surface area (Å²) in [6.45, 7) is 3.87. The van der Waals surface area contributed by atoms with Crippen LogP contribution in [0.25, 0.3) is 0 Å². The molecule has 2 aliphatic rings. The van der Waals surface area contributed by atoms with E-state index in [1.54, 1.807) is 34.8 Å². The van der Waals surface area contributed by atoms with E-state index in [1.807, 2.05) is 24.3 Å². The Labute approximate surface area is 196 Å². The molecule has 1 aromatic carbocycles. The SMILES string of the molecule is COc1cccc(N2CCN(CC(=O)N3N=C(c4cccs4)CC3c3cccs3)CC2)c1. The highest BCUT2D eigenvalue weighted by Crippen LogP contribution is 2.36. The van der Waals surface area contributed by atoms with Gasteiger partial charge in [0.2, 0.25) is 0 Å². The Hall–Kier alpha value is -2.68. The van der Waals surface area contributed by atoms with Crippen LogP contribution in [0.3, 0.4) is 0 Å². The van der Waals surface area contributed by atoms with Gasteiger partial charge in [0, 0.05) is 49.2 Å². The molecule has 6 nitrogen and oxygen atoms in total. The van der Waals surface area contributed by atoms with Crippen LogP contribution in [0.2, 0.25) is 0 Å². The van der Waals surface area contributed by atoms with Crippen LogP contribution in [-0.4, -0.2) is 61.4 Å². The van der Waals surface area contributed by atoms with E-state index in [2.05, 4.69) is 44.8 Å². The quantitative estimate of drug-likeness (QED) is 0.543. The zero-order valence-corrected chi connectivity index (χ0v) is 19.6. The number of rotatable bonds is 6. The highest BCUT2D eigenvalue weighted by atomic mass is 32.1. The Balaban J connectivity index is 1.24. The number of hydrogen-bond donors (Lipinski definition) is 0. The molecular formula is C24H26N4O2S2. The van der Waals surface area contributed by atoms with E-state index in [4.69, 9.17) is 9.84 Å². The number of amides is 1. The number of hydrogen-bond acceptors (Lipinski definition) is 7. The van der Waals surface area contributed by atoms with Crippen LogP contribution in [0.5, 0.6) is 5.75 Å². The molecule has 32 heavy (non-hydrogen) atoms. The van der Waals surface area contributed by atoms with Gasteiger partial charge in [-0.2, -0.15) is 5.10 Å². The van der Waals surface area contributed by atoms with Crippen molar-refractivity contribution in [2.75, 3.05) is 44.7 Å². The molecule has 0 saturated carbocycles. The summed E-state index contributed by atoms with van der Waals surface area (Å²) >= 11 is 3.37. The molecule has 8 heteroatoms. The molecule has 3 aromatic rings. The van der Waals surface area contributed by atoms with Gasteiger partial charge in [-0.1, -0.05) is 18.2 Å². The van der Waals surface area contributed by atoms with E-state index in [-0.39, 0.29) is 11.9 Å². The average Bonchev–Trinajstić information content (AvgIpc) is 3.60. The molecule has 2 aliphatic heterocycles. The minimum absolute atomic E-state index is 0.00215. The number of methoxy groups -OCH3 is 1. The molecule has 0 aliphatic carbocycles. The van der Waals surface area contributed by atoms with Crippen molar-refractivity contribution in [3.05, 3.63) is 69.0 Å². The van der Waals surface area contributed by atoms with E-state index in [0.717, 1.165) is 54.6 Å². The number of anilines is 1. The average molecular weight is 467 g/mol. The van der Waals surface area contributed by atoms with Crippen LogP contribution < -0.4 is 9.64 Å². The number of carbonyl (C=O) groups excluding carboxylic acids is 1. The number of nitrogens with zero attached hydrogens (tertiary/aromatic N) is 4. The van der Waals surface area contributed by atoms with Crippen molar-refractivity contribution in [1.29, 1.82) is 0 Å². The van der Waals surface area contributed by atoms with E-state index in [0.29, 0.717) is 6.54 Å². The third kappa shape index (κ3) is 4.44. The molecule has 0 radical (unpaired) electrons. The first-order chi connectivity index (χ1) is 15.7. The van der Waals surface area contributed by atoms with Crippen molar-refractivity contribution < 1.29 is 9.53 Å². The number of thiophene rings is 2. The second-order valence-corrected chi connectivity index (χ2v) is 9.89. The highest BCUT2D eigenvalue weighted by Gasteiger charge is 2.35. The van der Waals surface area contributed by atoms with Gasteiger partial charge >= 0.3 is 0 Å². The van der Waals surface area contributed by atoms with E-state index >= 15 is 0 Å². The third-order valence-electron chi connectivity index (χ3n) is 5.99. The molecule has 0 bridgehead atoms. The molecule has 0 spiro atoms. The van der Waals surface area contributed by atoms with Gasteiger partial charge in [0.05, 0.1) is 30.3 Å². The van der Waals surface area contributed by atoms with Gasteiger partial charge in [0.25, 0.3) is 5.91 Å². The first-order valence-corrected chi connectivity index (χ1v) is 12.6. The second kappa shape index (κ2) is 9.44.